The van der Waals surface area contributed by atoms with Crippen molar-refractivity contribution in [2.24, 2.45) is 17.5 Å². The van der Waals surface area contributed by atoms with E-state index >= 15 is 0 Å². The van der Waals surface area contributed by atoms with Crippen molar-refractivity contribution in [1.82, 2.24) is 25.4 Å². The summed E-state index contributed by atoms with van der Waals surface area (Å²) in [5.41, 5.74) is 0.369. The fraction of sp³-hybridized carbons (Fsp3) is 0.632. The first-order valence-electron chi connectivity index (χ1n) is 9.50. The van der Waals surface area contributed by atoms with Crippen LogP contribution in [-0.4, -0.2) is 47.5 Å². The van der Waals surface area contributed by atoms with E-state index in [0.29, 0.717) is 12.0 Å². The molecule has 28 heavy (non-hydrogen) atoms. The van der Waals surface area contributed by atoms with Gasteiger partial charge in [0.2, 0.25) is 0 Å². The number of ether oxygens (including phenoxy) is 1. The van der Waals surface area contributed by atoms with Crippen LogP contribution in [0.2, 0.25) is 0 Å². The van der Waals surface area contributed by atoms with Gasteiger partial charge in [0.15, 0.2) is 11.8 Å². The van der Waals surface area contributed by atoms with Gasteiger partial charge in [-0.15, -0.1) is 45.5 Å². The summed E-state index contributed by atoms with van der Waals surface area (Å²) in [7, 11) is 3.74. The zero-order valence-corrected chi connectivity index (χ0v) is 20.0. The molecule has 1 aliphatic rings. The highest BCUT2D eigenvalue weighted by Gasteiger charge is 2.41. The van der Waals surface area contributed by atoms with Crippen LogP contribution in [0, 0.1) is 12.3 Å². The smallest absolute Gasteiger partial charge is 0.191 e. The summed E-state index contributed by atoms with van der Waals surface area (Å²) >= 11 is 1.79. The topological polar surface area (TPSA) is 76.4 Å². The summed E-state index contributed by atoms with van der Waals surface area (Å²) in [6.07, 6.45) is 4.61. The third-order valence-corrected chi connectivity index (χ3v) is 6.17. The minimum Gasteiger partial charge on any atom is -0.385 e. The maximum absolute atomic E-state index is 5.26. The van der Waals surface area contributed by atoms with Gasteiger partial charge < -0.3 is 19.9 Å². The number of hydrogen-bond donors (Lipinski definition) is 2. The van der Waals surface area contributed by atoms with Gasteiger partial charge in [0.25, 0.3) is 0 Å². The normalized spacial score (nSPS) is 15.2. The van der Waals surface area contributed by atoms with Gasteiger partial charge in [-0.1, -0.05) is 6.07 Å². The Balaban J connectivity index is 0.00000280. The first kappa shape index (κ1) is 23.1. The third-order valence-electron chi connectivity index (χ3n) is 5.23. The minimum absolute atomic E-state index is 0. The van der Waals surface area contributed by atoms with Crippen molar-refractivity contribution in [3.05, 3.63) is 34.0 Å². The summed E-state index contributed by atoms with van der Waals surface area (Å²) in [6, 6.07) is 4.26. The SMILES string of the molecule is COCCC1(CNC(=NCc2nnc(C)n2C)NCCc2cccs2)CC1.I. The Morgan fingerprint density at radius 2 is 2.18 bits per heavy atom. The zero-order valence-electron chi connectivity index (χ0n) is 16.9. The molecule has 0 atom stereocenters. The number of nitrogens with one attached hydrogen (secondary N) is 2. The van der Waals surface area contributed by atoms with E-state index in [9.17, 15) is 0 Å². The van der Waals surface area contributed by atoms with E-state index in [1.807, 2.05) is 18.5 Å². The van der Waals surface area contributed by atoms with Crippen LogP contribution < -0.4 is 10.6 Å². The molecule has 2 heterocycles. The summed E-state index contributed by atoms with van der Waals surface area (Å²) in [6.45, 7) is 5.06. The number of thiophene rings is 1. The maximum Gasteiger partial charge on any atom is 0.191 e. The Kier molecular flexibility index (Phi) is 9.16. The summed E-state index contributed by atoms with van der Waals surface area (Å²) in [5.74, 6) is 2.61. The highest BCUT2D eigenvalue weighted by molar-refractivity contribution is 14.0. The lowest BCUT2D eigenvalue weighted by molar-refractivity contribution is 0.172. The Morgan fingerprint density at radius 3 is 2.79 bits per heavy atom. The number of aryl methyl sites for hydroxylation is 1. The second-order valence-corrected chi connectivity index (χ2v) is 8.27. The molecule has 2 aromatic rings. The fourth-order valence-electron chi connectivity index (χ4n) is 2.95. The standard InChI is InChI=1S/C19H30N6OS.HI/c1-15-23-24-17(25(15)2)13-21-18(20-10-6-16-5-4-12-27-16)22-14-19(7-8-19)9-11-26-3;/h4-5,12H,6-11,13-14H2,1-3H3,(H2,20,21,22);1H. The minimum atomic E-state index is 0. The largest absolute Gasteiger partial charge is 0.385 e. The molecule has 7 nitrogen and oxygen atoms in total. The molecule has 0 amide bonds. The monoisotopic (exact) mass is 518 g/mol. The Morgan fingerprint density at radius 1 is 1.36 bits per heavy atom. The molecular weight excluding hydrogens is 487 g/mol. The maximum atomic E-state index is 5.26. The summed E-state index contributed by atoms with van der Waals surface area (Å²) in [4.78, 5) is 6.12. The molecule has 0 unspecified atom stereocenters. The van der Waals surface area contributed by atoms with Crippen molar-refractivity contribution in [2.45, 2.75) is 39.2 Å². The number of nitrogens with zero attached hydrogens (tertiary/aromatic N) is 4. The van der Waals surface area contributed by atoms with Gasteiger partial charge in [0.1, 0.15) is 12.4 Å². The Hall–Kier alpha value is -1.20. The third kappa shape index (κ3) is 6.70. The molecule has 0 aromatic carbocycles. The molecule has 3 rings (SSSR count). The van der Waals surface area contributed by atoms with Crippen LogP contribution in [0.15, 0.2) is 22.5 Å². The molecule has 0 aliphatic heterocycles. The van der Waals surface area contributed by atoms with Crippen LogP contribution in [0.25, 0.3) is 0 Å². The lowest BCUT2D eigenvalue weighted by atomic mass is 10.0. The second-order valence-electron chi connectivity index (χ2n) is 7.24. The van der Waals surface area contributed by atoms with Gasteiger partial charge in [0, 0.05) is 38.7 Å². The summed E-state index contributed by atoms with van der Waals surface area (Å²) in [5, 5.41) is 17.4. The number of methoxy groups -OCH3 is 1. The van der Waals surface area contributed by atoms with Crippen molar-refractivity contribution in [1.29, 1.82) is 0 Å². The van der Waals surface area contributed by atoms with Crippen LogP contribution >= 0.6 is 35.3 Å². The summed E-state index contributed by atoms with van der Waals surface area (Å²) < 4.78 is 7.24. The highest BCUT2D eigenvalue weighted by Crippen LogP contribution is 2.48. The molecule has 9 heteroatoms. The van der Waals surface area contributed by atoms with E-state index in [-0.39, 0.29) is 24.0 Å². The number of hydrogen-bond acceptors (Lipinski definition) is 5. The van der Waals surface area contributed by atoms with E-state index < -0.39 is 0 Å². The molecule has 0 saturated heterocycles. The molecule has 1 saturated carbocycles. The first-order valence-corrected chi connectivity index (χ1v) is 10.4. The van der Waals surface area contributed by atoms with Crippen molar-refractivity contribution in [3.8, 4) is 0 Å². The van der Waals surface area contributed by atoms with Gasteiger partial charge in [0.05, 0.1) is 0 Å². The second kappa shape index (κ2) is 11.1. The number of guanidine groups is 1. The predicted molar refractivity (Wildman–Crippen MR) is 124 cm³/mol. The van der Waals surface area contributed by atoms with E-state index in [1.165, 1.54) is 17.7 Å². The zero-order chi connectivity index (χ0) is 19.1. The molecular formula is C19H31IN6OS. The predicted octanol–water partition coefficient (Wildman–Crippen LogP) is 2.90. The molecule has 1 fully saturated rings. The van der Waals surface area contributed by atoms with E-state index in [1.54, 1.807) is 18.4 Å². The molecule has 0 spiro atoms. The van der Waals surface area contributed by atoms with Crippen molar-refractivity contribution in [2.75, 3.05) is 26.8 Å². The molecule has 0 radical (unpaired) electrons. The van der Waals surface area contributed by atoms with Crippen LogP contribution in [0.5, 0.6) is 0 Å². The van der Waals surface area contributed by atoms with E-state index in [0.717, 1.165) is 50.1 Å². The van der Waals surface area contributed by atoms with Crippen molar-refractivity contribution < 1.29 is 4.74 Å². The highest BCUT2D eigenvalue weighted by atomic mass is 127. The average Bonchev–Trinajstić information content (AvgIpc) is 3.10. The Bertz CT molecular complexity index is 742. The molecule has 0 bridgehead atoms. The van der Waals surface area contributed by atoms with Gasteiger partial charge in [-0.2, -0.15) is 0 Å². The number of rotatable bonds is 10. The van der Waals surface area contributed by atoms with Crippen LogP contribution in [0.3, 0.4) is 0 Å². The Labute approximate surface area is 188 Å². The van der Waals surface area contributed by atoms with Gasteiger partial charge in [-0.3, -0.25) is 0 Å². The molecule has 1 aliphatic carbocycles. The van der Waals surface area contributed by atoms with Crippen LogP contribution in [-0.2, 0) is 24.8 Å². The van der Waals surface area contributed by atoms with Crippen molar-refractivity contribution in [3.63, 3.8) is 0 Å². The lowest BCUT2D eigenvalue weighted by Crippen LogP contribution is -2.41. The number of aliphatic imine (C=N–C) groups is 1. The lowest BCUT2D eigenvalue weighted by Gasteiger charge is -2.18. The number of aromatic nitrogens is 3. The number of halogens is 1. The van der Waals surface area contributed by atoms with E-state index in [4.69, 9.17) is 9.73 Å². The van der Waals surface area contributed by atoms with Crippen molar-refractivity contribution >= 4 is 41.3 Å². The first-order chi connectivity index (χ1) is 13.1. The molecule has 2 aromatic heterocycles. The fourth-order valence-corrected chi connectivity index (χ4v) is 3.66. The van der Waals surface area contributed by atoms with Gasteiger partial charge in [-0.25, -0.2) is 4.99 Å². The van der Waals surface area contributed by atoms with Gasteiger partial charge >= 0.3 is 0 Å². The van der Waals surface area contributed by atoms with E-state index in [2.05, 4.69) is 38.3 Å². The van der Waals surface area contributed by atoms with Crippen LogP contribution in [0.4, 0.5) is 0 Å². The quantitative estimate of drug-likeness (QED) is 0.288. The van der Waals surface area contributed by atoms with Gasteiger partial charge in [-0.05, 0) is 49.5 Å². The molecule has 156 valence electrons. The molecule has 2 N–H and O–H groups in total. The van der Waals surface area contributed by atoms with Crippen LogP contribution in [0.1, 0.15) is 35.8 Å². The average molecular weight is 518 g/mol.